The number of aliphatic carboxylic acids is 3. The van der Waals surface area contributed by atoms with Crippen LogP contribution in [0, 0.1) is 0 Å². The molecule has 1 aliphatic heterocycles. The quantitative estimate of drug-likeness (QED) is 0.470. The molecule has 1 aromatic rings. The van der Waals surface area contributed by atoms with Crippen molar-refractivity contribution < 1.29 is 34.4 Å². The van der Waals surface area contributed by atoms with Gasteiger partial charge >= 0.3 is 17.9 Å². The number of ether oxygens (including phenoxy) is 1. The Balaban J connectivity index is 2.28. The first kappa shape index (κ1) is 27.7. The largest absolute Gasteiger partial charge is 0.480 e. The minimum Gasteiger partial charge on any atom is -0.480 e. The minimum atomic E-state index is -0.981. The Morgan fingerprint density at radius 1 is 0.853 bits per heavy atom. The molecule has 0 aliphatic carbocycles. The molecule has 3 N–H and O–H groups in total. The molecule has 1 aromatic carbocycles. The van der Waals surface area contributed by atoms with Gasteiger partial charge in [0, 0.05) is 38.8 Å². The number of carbonyl (C=O) groups is 3. The second kappa shape index (κ2) is 14.0. The van der Waals surface area contributed by atoms with E-state index >= 15 is 0 Å². The Hall–Kier alpha value is -2.53. The van der Waals surface area contributed by atoms with Crippen molar-refractivity contribution in [2.24, 2.45) is 0 Å². The molecule has 0 saturated carbocycles. The number of carboxylic acids is 3. The van der Waals surface area contributed by atoms with Gasteiger partial charge in [-0.25, -0.2) is 0 Å². The molecular formula is C24H37N3O7. The molecule has 0 unspecified atom stereocenters. The third-order valence-electron chi connectivity index (χ3n) is 5.97. The lowest BCUT2D eigenvalue weighted by Gasteiger charge is -2.36. The van der Waals surface area contributed by atoms with Gasteiger partial charge in [0.05, 0.1) is 32.8 Å². The van der Waals surface area contributed by atoms with Gasteiger partial charge in [-0.05, 0) is 23.5 Å². The topological polar surface area (TPSA) is 131 Å². The van der Waals surface area contributed by atoms with Crippen LogP contribution in [-0.2, 0) is 25.5 Å². The van der Waals surface area contributed by atoms with Crippen molar-refractivity contribution in [2.45, 2.75) is 32.2 Å². The number of carboxylic acid groups (broad SMARTS) is 3. The fourth-order valence-corrected chi connectivity index (χ4v) is 4.13. The Labute approximate surface area is 200 Å². The average molecular weight is 480 g/mol. The first-order valence-electron chi connectivity index (χ1n) is 11.6. The van der Waals surface area contributed by atoms with E-state index in [9.17, 15) is 29.7 Å². The van der Waals surface area contributed by atoms with Crippen molar-refractivity contribution in [1.29, 1.82) is 0 Å². The highest BCUT2D eigenvalue weighted by molar-refractivity contribution is 5.70. The first-order chi connectivity index (χ1) is 16.1. The van der Waals surface area contributed by atoms with Gasteiger partial charge in [-0.3, -0.25) is 29.1 Å². The summed E-state index contributed by atoms with van der Waals surface area (Å²) in [5.74, 6) is -2.49. The molecule has 1 heterocycles. The highest BCUT2D eigenvalue weighted by Gasteiger charge is 2.26. The zero-order chi connectivity index (χ0) is 25.1. The van der Waals surface area contributed by atoms with Crippen molar-refractivity contribution in [3.05, 3.63) is 35.4 Å². The molecule has 1 fully saturated rings. The number of rotatable bonds is 9. The monoisotopic (exact) mass is 479 g/mol. The van der Waals surface area contributed by atoms with Gasteiger partial charge in [0.15, 0.2) is 0 Å². The molecule has 0 aromatic heterocycles. The molecule has 190 valence electrons. The van der Waals surface area contributed by atoms with E-state index < -0.39 is 17.9 Å². The molecule has 2 rings (SSSR count). The third-order valence-corrected chi connectivity index (χ3v) is 5.97. The van der Waals surface area contributed by atoms with E-state index in [1.165, 1.54) is 5.56 Å². The Bertz CT molecular complexity index is 800. The molecule has 10 heteroatoms. The standard InChI is InChI=1S/C24H37N3O7/c1-18(2)20-5-3-19(4-6-20)13-21-14-26(16-23(30)31)8-7-25(15-22(28)29)9-11-34-12-10-27(21)17-24(32)33/h3-6,18,21H,7-17H2,1-2H3,(H,28,29)(H,30,31)(H,32,33)/t21-/m0/s1. The van der Waals surface area contributed by atoms with Gasteiger partial charge in [-0.15, -0.1) is 0 Å². The SMILES string of the molecule is CC(C)c1ccc(C[C@H]2CN(CC(=O)O)CCN(CC(=O)O)CCOCCN2CC(=O)O)cc1. The predicted molar refractivity (Wildman–Crippen MR) is 126 cm³/mol. The van der Waals surface area contributed by atoms with E-state index in [0.29, 0.717) is 58.3 Å². The van der Waals surface area contributed by atoms with E-state index in [1.807, 2.05) is 17.0 Å². The number of hydrogen-bond acceptors (Lipinski definition) is 7. The van der Waals surface area contributed by atoms with E-state index in [-0.39, 0.29) is 25.7 Å². The fourth-order valence-electron chi connectivity index (χ4n) is 4.13. The minimum absolute atomic E-state index is 0.152. The van der Waals surface area contributed by atoms with Gasteiger partial charge in [0.2, 0.25) is 0 Å². The fraction of sp³-hybridized carbons (Fsp3) is 0.625. The van der Waals surface area contributed by atoms with Crippen molar-refractivity contribution in [3.8, 4) is 0 Å². The van der Waals surface area contributed by atoms with E-state index in [4.69, 9.17) is 4.74 Å². The lowest BCUT2D eigenvalue weighted by atomic mass is 9.98. The summed E-state index contributed by atoms with van der Waals surface area (Å²) < 4.78 is 5.69. The maximum atomic E-state index is 11.6. The average Bonchev–Trinajstić information content (AvgIpc) is 2.74. The molecule has 0 bridgehead atoms. The van der Waals surface area contributed by atoms with Crippen LogP contribution in [0.15, 0.2) is 24.3 Å². The van der Waals surface area contributed by atoms with Crippen LogP contribution >= 0.6 is 0 Å². The Morgan fingerprint density at radius 3 is 2.00 bits per heavy atom. The van der Waals surface area contributed by atoms with Gasteiger partial charge < -0.3 is 20.1 Å². The third kappa shape index (κ3) is 10.2. The van der Waals surface area contributed by atoms with E-state index in [1.54, 1.807) is 9.80 Å². The van der Waals surface area contributed by atoms with Crippen molar-refractivity contribution in [2.75, 3.05) is 65.6 Å². The maximum absolute atomic E-state index is 11.6. The summed E-state index contributed by atoms with van der Waals surface area (Å²) in [6, 6.07) is 7.96. The summed E-state index contributed by atoms with van der Waals surface area (Å²) in [6.45, 7) is 6.16. The zero-order valence-electron chi connectivity index (χ0n) is 20.1. The highest BCUT2D eigenvalue weighted by atomic mass is 16.5. The van der Waals surface area contributed by atoms with Crippen LogP contribution in [0.2, 0.25) is 0 Å². The van der Waals surface area contributed by atoms with Gasteiger partial charge in [0.25, 0.3) is 0 Å². The predicted octanol–water partition coefficient (Wildman–Crippen LogP) is 0.911. The second-order valence-corrected chi connectivity index (χ2v) is 9.03. The molecular weight excluding hydrogens is 442 g/mol. The lowest BCUT2D eigenvalue weighted by molar-refractivity contribution is -0.141. The van der Waals surface area contributed by atoms with Crippen molar-refractivity contribution >= 4 is 17.9 Å². The van der Waals surface area contributed by atoms with E-state index in [0.717, 1.165) is 5.56 Å². The maximum Gasteiger partial charge on any atom is 0.317 e. The zero-order valence-corrected chi connectivity index (χ0v) is 20.1. The van der Waals surface area contributed by atoms with Crippen molar-refractivity contribution in [1.82, 2.24) is 14.7 Å². The van der Waals surface area contributed by atoms with Crippen LogP contribution in [0.3, 0.4) is 0 Å². The number of benzene rings is 1. The summed E-state index contributed by atoms with van der Waals surface area (Å²) in [6.07, 6.45) is 0.556. The smallest absolute Gasteiger partial charge is 0.317 e. The molecule has 1 atom stereocenters. The first-order valence-corrected chi connectivity index (χ1v) is 11.6. The number of nitrogens with zero attached hydrogens (tertiary/aromatic N) is 3. The van der Waals surface area contributed by atoms with Crippen LogP contribution in [0.4, 0.5) is 0 Å². The van der Waals surface area contributed by atoms with E-state index in [2.05, 4.69) is 26.0 Å². The molecule has 1 saturated heterocycles. The summed E-state index contributed by atoms with van der Waals surface area (Å²) >= 11 is 0. The molecule has 0 radical (unpaired) electrons. The van der Waals surface area contributed by atoms with Crippen molar-refractivity contribution in [3.63, 3.8) is 0 Å². The Morgan fingerprint density at radius 2 is 1.41 bits per heavy atom. The van der Waals surface area contributed by atoms with Crippen LogP contribution in [-0.4, -0.2) is 120 Å². The molecule has 34 heavy (non-hydrogen) atoms. The molecule has 0 spiro atoms. The number of hydrogen-bond donors (Lipinski definition) is 3. The summed E-state index contributed by atoms with van der Waals surface area (Å²) in [7, 11) is 0. The van der Waals surface area contributed by atoms with Crippen LogP contribution < -0.4 is 0 Å². The summed E-state index contributed by atoms with van der Waals surface area (Å²) in [5.41, 5.74) is 2.25. The van der Waals surface area contributed by atoms with Crippen LogP contribution in [0.25, 0.3) is 0 Å². The normalized spacial score (nSPS) is 19.9. The lowest BCUT2D eigenvalue weighted by Crippen LogP contribution is -2.51. The van der Waals surface area contributed by atoms with Crippen LogP contribution in [0.1, 0.15) is 30.9 Å². The van der Waals surface area contributed by atoms with Crippen LogP contribution in [0.5, 0.6) is 0 Å². The van der Waals surface area contributed by atoms with Gasteiger partial charge in [-0.1, -0.05) is 38.1 Å². The van der Waals surface area contributed by atoms with Gasteiger partial charge in [-0.2, -0.15) is 0 Å². The molecule has 0 amide bonds. The summed E-state index contributed by atoms with van der Waals surface area (Å²) in [4.78, 5) is 39.7. The highest BCUT2D eigenvalue weighted by Crippen LogP contribution is 2.17. The molecule has 1 aliphatic rings. The second-order valence-electron chi connectivity index (χ2n) is 9.03. The Kier molecular flexibility index (Phi) is 11.4. The van der Waals surface area contributed by atoms with Gasteiger partial charge in [0.1, 0.15) is 0 Å². The summed E-state index contributed by atoms with van der Waals surface area (Å²) in [5, 5.41) is 28.2. The molecule has 10 nitrogen and oxygen atoms in total.